The lowest BCUT2D eigenvalue weighted by atomic mass is 10.1. The van der Waals surface area contributed by atoms with E-state index in [1.54, 1.807) is 18.2 Å². The van der Waals surface area contributed by atoms with Crippen molar-refractivity contribution >= 4 is 5.96 Å². The van der Waals surface area contributed by atoms with E-state index in [9.17, 15) is 8.78 Å². The largest absolute Gasteiger partial charge is 0.435 e. The Bertz CT molecular complexity index is 365. The molecule has 1 aromatic carbocycles. The fourth-order valence-corrected chi connectivity index (χ4v) is 1.23. The molecule has 0 spiro atoms. The van der Waals surface area contributed by atoms with E-state index in [4.69, 9.17) is 11.5 Å². The molecule has 4 nitrogen and oxygen atoms in total. The lowest BCUT2D eigenvalue weighted by Crippen LogP contribution is -2.23. The number of aliphatic imine (C=N–C) groups is 1. The van der Waals surface area contributed by atoms with Gasteiger partial charge < -0.3 is 16.2 Å². The molecular formula is C10H13F2N3O. The minimum absolute atomic E-state index is 0.0211. The van der Waals surface area contributed by atoms with Crippen LogP contribution in [0.3, 0.4) is 0 Å². The van der Waals surface area contributed by atoms with E-state index in [-0.39, 0.29) is 11.7 Å². The summed E-state index contributed by atoms with van der Waals surface area (Å²) in [4.78, 5) is 3.77. The molecule has 0 saturated carbocycles. The molecule has 0 bridgehead atoms. The molecule has 0 fully saturated rings. The van der Waals surface area contributed by atoms with Gasteiger partial charge in [0.05, 0.1) is 0 Å². The smallest absolute Gasteiger partial charge is 0.387 e. The maximum atomic E-state index is 12.1. The Hall–Kier alpha value is -1.85. The van der Waals surface area contributed by atoms with Gasteiger partial charge in [0.15, 0.2) is 5.96 Å². The minimum Gasteiger partial charge on any atom is -0.435 e. The molecule has 0 unspecified atom stereocenters. The van der Waals surface area contributed by atoms with E-state index >= 15 is 0 Å². The molecule has 0 aromatic heterocycles. The Balaban J connectivity index is 2.67. The molecule has 0 aliphatic carbocycles. The van der Waals surface area contributed by atoms with Crippen LogP contribution in [0.4, 0.5) is 8.78 Å². The van der Waals surface area contributed by atoms with Crippen LogP contribution in [-0.2, 0) is 6.42 Å². The normalized spacial score (nSPS) is 10.2. The van der Waals surface area contributed by atoms with Gasteiger partial charge in [-0.3, -0.25) is 4.99 Å². The van der Waals surface area contributed by atoms with Crippen LogP contribution < -0.4 is 16.2 Å². The molecule has 1 rings (SSSR count). The van der Waals surface area contributed by atoms with Crippen molar-refractivity contribution in [1.82, 2.24) is 0 Å². The fraction of sp³-hybridized carbons (Fsp3) is 0.300. The van der Waals surface area contributed by atoms with Crippen molar-refractivity contribution in [2.75, 3.05) is 6.54 Å². The van der Waals surface area contributed by atoms with E-state index in [1.807, 2.05) is 0 Å². The topological polar surface area (TPSA) is 73.6 Å². The fourth-order valence-electron chi connectivity index (χ4n) is 1.23. The quantitative estimate of drug-likeness (QED) is 0.586. The molecule has 4 N–H and O–H groups in total. The number of nitrogens with zero attached hydrogens (tertiary/aromatic N) is 1. The van der Waals surface area contributed by atoms with E-state index < -0.39 is 6.61 Å². The van der Waals surface area contributed by atoms with Gasteiger partial charge >= 0.3 is 6.61 Å². The van der Waals surface area contributed by atoms with Crippen LogP contribution in [-0.4, -0.2) is 19.1 Å². The summed E-state index contributed by atoms with van der Waals surface area (Å²) in [6, 6.07) is 6.54. The molecule has 0 heterocycles. The molecule has 0 saturated heterocycles. The maximum absolute atomic E-state index is 12.1. The third kappa shape index (κ3) is 4.12. The highest BCUT2D eigenvalue weighted by Gasteiger charge is 2.08. The Morgan fingerprint density at radius 2 is 2.00 bits per heavy atom. The van der Waals surface area contributed by atoms with Crippen LogP contribution in [0.25, 0.3) is 0 Å². The van der Waals surface area contributed by atoms with Gasteiger partial charge in [0.2, 0.25) is 0 Å². The minimum atomic E-state index is -2.83. The molecule has 0 atom stereocenters. The zero-order valence-corrected chi connectivity index (χ0v) is 8.57. The zero-order valence-electron chi connectivity index (χ0n) is 8.57. The predicted molar refractivity (Wildman–Crippen MR) is 57.5 cm³/mol. The van der Waals surface area contributed by atoms with Gasteiger partial charge in [-0.25, -0.2) is 0 Å². The number of hydrogen-bond donors (Lipinski definition) is 2. The van der Waals surface area contributed by atoms with Crippen molar-refractivity contribution in [2.24, 2.45) is 16.5 Å². The summed E-state index contributed by atoms with van der Waals surface area (Å²) < 4.78 is 28.5. The maximum Gasteiger partial charge on any atom is 0.387 e. The number of hydrogen-bond acceptors (Lipinski definition) is 2. The summed E-state index contributed by atoms with van der Waals surface area (Å²) in [7, 11) is 0. The number of rotatable bonds is 5. The van der Waals surface area contributed by atoms with Crippen LogP contribution in [0.15, 0.2) is 29.3 Å². The summed E-state index contributed by atoms with van der Waals surface area (Å²) >= 11 is 0. The SMILES string of the molecule is NC(N)=NCCc1ccccc1OC(F)F. The first-order valence-electron chi connectivity index (χ1n) is 4.67. The highest BCUT2D eigenvalue weighted by atomic mass is 19.3. The molecule has 0 aliphatic heterocycles. The van der Waals surface area contributed by atoms with Gasteiger partial charge in [-0.15, -0.1) is 0 Å². The Morgan fingerprint density at radius 1 is 1.31 bits per heavy atom. The predicted octanol–water partition coefficient (Wildman–Crippen LogP) is 1.10. The van der Waals surface area contributed by atoms with Crippen molar-refractivity contribution < 1.29 is 13.5 Å². The van der Waals surface area contributed by atoms with Gasteiger partial charge in [-0.1, -0.05) is 18.2 Å². The van der Waals surface area contributed by atoms with Crippen LogP contribution in [0, 0.1) is 0 Å². The highest BCUT2D eigenvalue weighted by molar-refractivity contribution is 5.75. The molecule has 0 radical (unpaired) electrons. The zero-order chi connectivity index (χ0) is 12.0. The van der Waals surface area contributed by atoms with Crippen molar-refractivity contribution in [3.05, 3.63) is 29.8 Å². The third-order valence-corrected chi connectivity index (χ3v) is 1.86. The molecule has 0 aliphatic rings. The van der Waals surface area contributed by atoms with Crippen molar-refractivity contribution in [3.63, 3.8) is 0 Å². The summed E-state index contributed by atoms with van der Waals surface area (Å²) in [6.07, 6.45) is 0.445. The van der Waals surface area contributed by atoms with Gasteiger partial charge in [-0.2, -0.15) is 8.78 Å². The number of alkyl halides is 2. The first kappa shape index (κ1) is 12.2. The van der Waals surface area contributed by atoms with Crippen molar-refractivity contribution in [2.45, 2.75) is 13.0 Å². The van der Waals surface area contributed by atoms with Crippen LogP contribution in [0.5, 0.6) is 5.75 Å². The lowest BCUT2D eigenvalue weighted by Gasteiger charge is -2.09. The highest BCUT2D eigenvalue weighted by Crippen LogP contribution is 2.20. The Labute approximate surface area is 91.9 Å². The first-order chi connectivity index (χ1) is 7.59. The van der Waals surface area contributed by atoms with E-state index in [1.165, 1.54) is 6.07 Å². The number of guanidine groups is 1. The molecule has 6 heteroatoms. The second-order valence-corrected chi connectivity index (χ2v) is 3.04. The summed E-state index contributed by atoms with van der Waals surface area (Å²) in [5.74, 6) is 0.135. The standard InChI is InChI=1S/C10H13F2N3O/c11-9(12)16-8-4-2-1-3-7(8)5-6-15-10(13)14/h1-4,9H,5-6H2,(H4,13,14,15). The number of ether oxygens (including phenoxy) is 1. The van der Waals surface area contributed by atoms with Gasteiger partial charge in [-0.05, 0) is 18.1 Å². The molecule has 88 valence electrons. The number of nitrogens with two attached hydrogens (primary N) is 2. The number of benzene rings is 1. The van der Waals surface area contributed by atoms with Gasteiger partial charge in [0, 0.05) is 6.54 Å². The second-order valence-electron chi connectivity index (χ2n) is 3.04. The molecule has 1 aromatic rings. The molecule has 16 heavy (non-hydrogen) atoms. The van der Waals surface area contributed by atoms with E-state index in [2.05, 4.69) is 9.73 Å². The Kier molecular flexibility index (Phi) is 4.50. The average Bonchev–Trinajstić information content (AvgIpc) is 2.19. The number of para-hydroxylation sites is 1. The first-order valence-corrected chi connectivity index (χ1v) is 4.67. The molecular weight excluding hydrogens is 216 g/mol. The summed E-state index contributed by atoms with van der Waals surface area (Å²) in [5.41, 5.74) is 10.9. The van der Waals surface area contributed by atoms with E-state index in [0.717, 1.165) is 0 Å². The van der Waals surface area contributed by atoms with Gasteiger partial charge in [0.25, 0.3) is 0 Å². The van der Waals surface area contributed by atoms with Gasteiger partial charge in [0.1, 0.15) is 5.75 Å². The lowest BCUT2D eigenvalue weighted by molar-refractivity contribution is -0.0504. The summed E-state index contributed by atoms with van der Waals surface area (Å²) in [6.45, 7) is -2.49. The third-order valence-electron chi connectivity index (χ3n) is 1.86. The Morgan fingerprint density at radius 3 is 2.62 bits per heavy atom. The second kappa shape index (κ2) is 5.89. The average molecular weight is 229 g/mol. The van der Waals surface area contributed by atoms with Crippen LogP contribution in [0.2, 0.25) is 0 Å². The number of halogens is 2. The van der Waals surface area contributed by atoms with Crippen molar-refractivity contribution in [3.8, 4) is 5.75 Å². The molecule has 0 amide bonds. The van der Waals surface area contributed by atoms with Crippen LogP contribution in [0.1, 0.15) is 5.56 Å². The monoisotopic (exact) mass is 229 g/mol. The van der Waals surface area contributed by atoms with E-state index in [0.29, 0.717) is 18.5 Å². The summed E-state index contributed by atoms with van der Waals surface area (Å²) in [5, 5.41) is 0. The van der Waals surface area contributed by atoms with Crippen molar-refractivity contribution in [1.29, 1.82) is 0 Å². The van der Waals surface area contributed by atoms with Crippen LogP contribution >= 0.6 is 0 Å².